The molecule has 0 bridgehead atoms. The van der Waals surface area contributed by atoms with Gasteiger partial charge in [-0.25, -0.2) is 9.97 Å². The number of nitrogens with one attached hydrogen (secondary N) is 1. The predicted octanol–water partition coefficient (Wildman–Crippen LogP) is 4.29. The van der Waals surface area contributed by atoms with Crippen molar-refractivity contribution in [1.82, 2.24) is 9.97 Å². The molecule has 0 aliphatic rings. The molecule has 0 aliphatic heterocycles. The van der Waals surface area contributed by atoms with E-state index in [4.69, 9.17) is 0 Å². The Bertz CT molecular complexity index is 954. The van der Waals surface area contributed by atoms with Crippen molar-refractivity contribution in [1.29, 1.82) is 0 Å². The maximum absolute atomic E-state index is 12.7. The lowest BCUT2D eigenvalue weighted by Gasteiger charge is -2.19. The number of amides is 1. The maximum atomic E-state index is 12.7. The topological polar surface area (TPSA) is 58.1 Å². The molecule has 0 unspecified atom stereocenters. The van der Waals surface area contributed by atoms with Crippen LogP contribution in [0.3, 0.4) is 0 Å². The van der Waals surface area contributed by atoms with Crippen molar-refractivity contribution in [2.75, 3.05) is 17.3 Å². The highest BCUT2D eigenvalue weighted by molar-refractivity contribution is 6.03. The number of benzene rings is 2. The zero-order chi connectivity index (χ0) is 19.4. The van der Waals surface area contributed by atoms with Gasteiger partial charge >= 0.3 is 0 Å². The average Bonchev–Trinajstić information content (AvgIpc) is 2.65. The number of rotatable bonds is 5. The fraction of sp³-hybridized carbons (Fsp3) is 0.227. The van der Waals surface area contributed by atoms with Gasteiger partial charge in [-0.15, -0.1) is 0 Å². The highest BCUT2D eigenvalue weighted by Gasteiger charge is 2.14. The Balaban J connectivity index is 1.82. The third kappa shape index (κ3) is 4.50. The van der Waals surface area contributed by atoms with E-state index >= 15 is 0 Å². The third-order valence-corrected chi connectivity index (χ3v) is 4.56. The lowest BCUT2D eigenvalue weighted by molar-refractivity contribution is 0.102. The van der Waals surface area contributed by atoms with Gasteiger partial charge in [-0.2, -0.15) is 0 Å². The van der Waals surface area contributed by atoms with Crippen LogP contribution in [0, 0.1) is 20.8 Å². The lowest BCUT2D eigenvalue weighted by Crippen LogP contribution is -2.21. The van der Waals surface area contributed by atoms with Crippen molar-refractivity contribution < 1.29 is 4.79 Å². The fourth-order valence-corrected chi connectivity index (χ4v) is 2.87. The van der Waals surface area contributed by atoms with Crippen molar-refractivity contribution >= 4 is 17.4 Å². The van der Waals surface area contributed by atoms with Crippen molar-refractivity contribution in [2.24, 2.45) is 0 Å². The van der Waals surface area contributed by atoms with Crippen LogP contribution < -0.4 is 10.2 Å². The van der Waals surface area contributed by atoms with Gasteiger partial charge in [0.1, 0.15) is 17.3 Å². The zero-order valence-electron chi connectivity index (χ0n) is 16.2. The Kier molecular flexibility index (Phi) is 5.50. The molecular formula is C22H24N4O. The maximum Gasteiger partial charge on any atom is 0.274 e. The Morgan fingerprint density at radius 2 is 1.74 bits per heavy atom. The van der Waals surface area contributed by atoms with E-state index in [1.165, 1.54) is 5.56 Å². The summed E-state index contributed by atoms with van der Waals surface area (Å²) in [5.41, 5.74) is 4.53. The average molecular weight is 360 g/mol. The van der Waals surface area contributed by atoms with Gasteiger partial charge in [0.05, 0.1) is 0 Å². The first kappa shape index (κ1) is 18.6. The molecule has 0 saturated carbocycles. The van der Waals surface area contributed by atoms with E-state index in [0.717, 1.165) is 22.6 Å². The van der Waals surface area contributed by atoms with Crippen LogP contribution in [0.1, 0.15) is 33.0 Å². The molecule has 1 N–H and O–H groups in total. The molecule has 5 nitrogen and oxygen atoms in total. The van der Waals surface area contributed by atoms with E-state index in [1.54, 1.807) is 13.0 Å². The third-order valence-electron chi connectivity index (χ3n) is 4.56. The monoisotopic (exact) mass is 360 g/mol. The van der Waals surface area contributed by atoms with Gasteiger partial charge in [0.15, 0.2) is 0 Å². The molecule has 5 heteroatoms. The van der Waals surface area contributed by atoms with E-state index in [0.29, 0.717) is 18.1 Å². The Morgan fingerprint density at radius 1 is 1.00 bits per heavy atom. The van der Waals surface area contributed by atoms with Gasteiger partial charge in [-0.05, 0) is 43.5 Å². The Labute approximate surface area is 160 Å². The van der Waals surface area contributed by atoms with E-state index < -0.39 is 0 Å². The van der Waals surface area contributed by atoms with Crippen LogP contribution in [0.4, 0.5) is 11.5 Å². The van der Waals surface area contributed by atoms with Crippen LogP contribution in [-0.2, 0) is 6.54 Å². The van der Waals surface area contributed by atoms with Crippen LogP contribution >= 0.6 is 0 Å². The minimum atomic E-state index is -0.233. The largest absolute Gasteiger partial charge is 0.355 e. The Hall–Kier alpha value is -3.21. The number of aryl methyl sites for hydroxylation is 2. The standard InChI is InChI=1S/C22H24N4O/c1-15-9-8-12-19(16(15)2)25-22(27)20-13-21(24-17(3)23-20)26(4)14-18-10-6-5-7-11-18/h5-13H,14H2,1-4H3,(H,25,27). The molecule has 3 rings (SSSR count). The summed E-state index contributed by atoms with van der Waals surface area (Å²) < 4.78 is 0. The smallest absolute Gasteiger partial charge is 0.274 e. The van der Waals surface area contributed by atoms with E-state index in [-0.39, 0.29) is 5.91 Å². The number of hydrogen-bond donors (Lipinski definition) is 1. The number of anilines is 2. The molecule has 3 aromatic rings. The molecule has 0 fully saturated rings. The van der Waals surface area contributed by atoms with E-state index in [9.17, 15) is 4.79 Å². The summed E-state index contributed by atoms with van der Waals surface area (Å²) in [7, 11) is 1.96. The second-order valence-corrected chi connectivity index (χ2v) is 6.70. The first-order chi connectivity index (χ1) is 12.9. The van der Waals surface area contributed by atoms with Crippen LogP contribution in [0.2, 0.25) is 0 Å². The van der Waals surface area contributed by atoms with Crippen LogP contribution in [-0.4, -0.2) is 22.9 Å². The molecule has 138 valence electrons. The molecular weight excluding hydrogens is 336 g/mol. The highest BCUT2D eigenvalue weighted by Crippen LogP contribution is 2.20. The van der Waals surface area contributed by atoms with E-state index in [2.05, 4.69) is 27.4 Å². The Morgan fingerprint density at radius 3 is 2.48 bits per heavy atom. The van der Waals surface area contributed by atoms with Crippen LogP contribution in [0.25, 0.3) is 0 Å². The molecule has 1 amide bonds. The number of carbonyl (C=O) groups is 1. The number of carbonyl (C=O) groups excluding carboxylic acids is 1. The summed E-state index contributed by atoms with van der Waals surface area (Å²) in [6.07, 6.45) is 0. The van der Waals surface area contributed by atoms with Crippen LogP contribution in [0.15, 0.2) is 54.6 Å². The van der Waals surface area contributed by atoms with Gasteiger partial charge in [0.2, 0.25) is 0 Å². The molecule has 0 saturated heterocycles. The summed E-state index contributed by atoms with van der Waals surface area (Å²) in [6, 6.07) is 17.7. The number of hydrogen-bond acceptors (Lipinski definition) is 4. The van der Waals surface area contributed by atoms with Crippen molar-refractivity contribution in [2.45, 2.75) is 27.3 Å². The molecule has 0 radical (unpaired) electrons. The molecule has 0 spiro atoms. The summed E-state index contributed by atoms with van der Waals surface area (Å²) in [5.74, 6) is 1.06. The minimum Gasteiger partial charge on any atom is -0.355 e. The van der Waals surface area contributed by atoms with Crippen molar-refractivity contribution in [3.63, 3.8) is 0 Å². The van der Waals surface area contributed by atoms with Gasteiger partial charge < -0.3 is 10.2 Å². The molecule has 27 heavy (non-hydrogen) atoms. The van der Waals surface area contributed by atoms with Gasteiger partial charge in [0.25, 0.3) is 5.91 Å². The van der Waals surface area contributed by atoms with Gasteiger partial charge in [0, 0.05) is 25.3 Å². The summed E-state index contributed by atoms with van der Waals surface area (Å²) in [5, 5.41) is 2.96. The first-order valence-corrected chi connectivity index (χ1v) is 8.92. The number of nitrogens with zero attached hydrogens (tertiary/aromatic N) is 3. The quantitative estimate of drug-likeness (QED) is 0.737. The molecule has 1 heterocycles. The second kappa shape index (κ2) is 7.99. The van der Waals surface area contributed by atoms with E-state index in [1.807, 2.05) is 62.2 Å². The zero-order valence-corrected chi connectivity index (χ0v) is 16.2. The van der Waals surface area contributed by atoms with Gasteiger partial charge in [-0.3, -0.25) is 4.79 Å². The lowest BCUT2D eigenvalue weighted by atomic mass is 10.1. The summed E-state index contributed by atoms with van der Waals surface area (Å²) in [6.45, 7) is 6.52. The number of aromatic nitrogens is 2. The van der Waals surface area contributed by atoms with Crippen molar-refractivity contribution in [3.05, 3.63) is 82.8 Å². The van der Waals surface area contributed by atoms with Crippen molar-refractivity contribution in [3.8, 4) is 0 Å². The SMILES string of the molecule is Cc1nc(C(=O)Nc2cccc(C)c2C)cc(N(C)Cc2ccccc2)n1. The predicted molar refractivity (Wildman–Crippen MR) is 109 cm³/mol. The molecule has 0 aliphatic carbocycles. The second-order valence-electron chi connectivity index (χ2n) is 6.70. The normalized spacial score (nSPS) is 10.5. The molecule has 1 aromatic heterocycles. The molecule has 0 atom stereocenters. The minimum absolute atomic E-state index is 0.233. The highest BCUT2D eigenvalue weighted by atomic mass is 16.1. The summed E-state index contributed by atoms with van der Waals surface area (Å²) in [4.78, 5) is 23.6. The van der Waals surface area contributed by atoms with Crippen LogP contribution in [0.5, 0.6) is 0 Å². The first-order valence-electron chi connectivity index (χ1n) is 8.92. The fourth-order valence-electron chi connectivity index (χ4n) is 2.87. The summed E-state index contributed by atoms with van der Waals surface area (Å²) >= 11 is 0. The van der Waals surface area contributed by atoms with Gasteiger partial charge in [-0.1, -0.05) is 42.5 Å². The molecule has 2 aromatic carbocycles.